The summed E-state index contributed by atoms with van der Waals surface area (Å²) in [7, 11) is 0. The monoisotopic (exact) mass is 228 g/mol. The van der Waals surface area contributed by atoms with E-state index < -0.39 is 0 Å². The first-order chi connectivity index (χ1) is 8.31. The molecule has 2 rings (SSSR count). The topological polar surface area (TPSA) is 41.1 Å². The molecule has 17 heavy (non-hydrogen) atoms. The Balaban J connectivity index is 2.15. The summed E-state index contributed by atoms with van der Waals surface area (Å²) in [5.41, 5.74) is 3.44. The van der Waals surface area contributed by atoms with E-state index in [1.165, 1.54) is 6.08 Å². The summed E-state index contributed by atoms with van der Waals surface area (Å²) in [6, 6.07) is 8.09. The van der Waals surface area contributed by atoms with Gasteiger partial charge in [-0.25, -0.2) is 0 Å². The zero-order valence-corrected chi connectivity index (χ0v) is 9.70. The van der Waals surface area contributed by atoms with Crippen molar-refractivity contribution < 1.29 is 4.79 Å². The van der Waals surface area contributed by atoms with Gasteiger partial charge in [0.1, 0.15) is 0 Å². The third-order valence-corrected chi connectivity index (χ3v) is 2.75. The molecule has 0 spiro atoms. The van der Waals surface area contributed by atoms with Gasteiger partial charge in [0.2, 0.25) is 5.91 Å². The van der Waals surface area contributed by atoms with Gasteiger partial charge in [-0.2, -0.15) is 0 Å². The molecule has 1 aromatic carbocycles. The second-order valence-corrected chi connectivity index (χ2v) is 3.91. The Bertz CT molecular complexity index is 463. The number of hydrogen-bond donors (Lipinski definition) is 2. The molecule has 88 valence electrons. The molecule has 0 fully saturated rings. The van der Waals surface area contributed by atoms with Crippen LogP contribution in [0, 0.1) is 0 Å². The standard InChI is InChI=1S/C14H16N2O/c1-2-14(17)16-10-11-6-3-4-7-12(11)13-8-5-9-15-13/h2-4,6-8,15H,1,5,9-10H2,(H,16,17). The second kappa shape index (κ2) is 5.34. The first kappa shape index (κ1) is 11.5. The van der Waals surface area contributed by atoms with Crippen LogP contribution in [0.3, 0.4) is 0 Å². The molecule has 0 aliphatic carbocycles. The van der Waals surface area contributed by atoms with Gasteiger partial charge in [-0.05, 0) is 18.1 Å². The van der Waals surface area contributed by atoms with Gasteiger partial charge in [0.15, 0.2) is 0 Å². The summed E-state index contributed by atoms with van der Waals surface area (Å²) >= 11 is 0. The Hall–Kier alpha value is -2.03. The number of carbonyl (C=O) groups is 1. The van der Waals surface area contributed by atoms with Gasteiger partial charge in [0.25, 0.3) is 0 Å². The molecule has 3 heteroatoms. The molecule has 1 amide bonds. The summed E-state index contributed by atoms with van der Waals surface area (Å²) in [5.74, 6) is -0.145. The van der Waals surface area contributed by atoms with E-state index in [-0.39, 0.29) is 5.91 Å². The predicted octanol–water partition coefficient (Wildman–Crippen LogP) is 1.82. The van der Waals surface area contributed by atoms with Crippen LogP contribution in [0.4, 0.5) is 0 Å². The normalized spacial score (nSPS) is 13.8. The molecule has 2 N–H and O–H groups in total. The van der Waals surface area contributed by atoms with Gasteiger partial charge in [0, 0.05) is 24.4 Å². The Morgan fingerprint density at radius 2 is 2.29 bits per heavy atom. The second-order valence-electron chi connectivity index (χ2n) is 3.91. The quantitative estimate of drug-likeness (QED) is 0.772. The fraction of sp³-hybridized carbons (Fsp3) is 0.214. The molecule has 1 aromatic rings. The van der Waals surface area contributed by atoms with Crippen molar-refractivity contribution in [1.82, 2.24) is 10.6 Å². The van der Waals surface area contributed by atoms with Gasteiger partial charge in [-0.1, -0.05) is 36.9 Å². The van der Waals surface area contributed by atoms with Crippen LogP contribution in [0.25, 0.3) is 5.70 Å². The summed E-state index contributed by atoms with van der Waals surface area (Å²) in [6.45, 7) is 4.95. The van der Waals surface area contributed by atoms with Gasteiger partial charge < -0.3 is 10.6 Å². The van der Waals surface area contributed by atoms with Crippen molar-refractivity contribution in [2.45, 2.75) is 13.0 Å². The van der Waals surface area contributed by atoms with E-state index >= 15 is 0 Å². The summed E-state index contributed by atoms with van der Waals surface area (Å²) in [4.78, 5) is 11.2. The lowest BCUT2D eigenvalue weighted by atomic mass is 10.0. The Morgan fingerprint density at radius 1 is 1.47 bits per heavy atom. The molecule has 1 heterocycles. The maximum Gasteiger partial charge on any atom is 0.243 e. The fourth-order valence-corrected chi connectivity index (χ4v) is 1.89. The molecule has 1 aliphatic rings. The van der Waals surface area contributed by atoms with Crippen LogP contribution in [0.15, 0.2) is 43.0 Å². The highest BCUT2D eigenvalue weighted by Crippen LogP contribution is 2.20. The smallest absolute Gasteiger partial charge is 0.243 e. The van der Waals surface area contributed by atoms with E-state index in [0.29, 0.717) is 6.54 Å². The first-order valence-corrected chi connectivity index (χ1v) is 5.74. The van der Waals surface area contributed by atoms with Crippen molar-refractivity contribution in [3.8, 4) is 0 Å². The molecule has 0 radical (unpaired) electrons. The molecule has 0 aromatic heterocycles. The lowest BCUT2D eigenvalue weighted by Gasteiger charge is -2.11. The number of benzene rings is 1. The molecule has 0 saturated heterocycles. The van der Waals surface area contributed by atoms with Crippen LogP contribution in [-0.2, 0) is 11.3 Å². The third-order valence-electron chi connectivity index (χ3n) is 2.75. The average Bonchev–Trinajstić information content (AvgIpc) is 2.90. The van der Waals surface area contributed by atoms with Crippen molar-refractivity contribution in [2.24, 2.45) is 0 Å². The van der Waals surface area contributed by atoms with Gasteiger partial charge >= 0.3 is 0 Å². The highest BCUT2D eigenvalue weighted by Gasteiger charge is 2.10. The van der Waals surface area contributed by atoms with E-state index in [9.17, 15) is 4.79 Å². The average molecular weight is 228 g/mol. The number of amides is 1. The third kappa shape index (κ3) is 2.75. The molecular formula is C14H16N2O. The van der Waals surface area contributed by atoms with E-state index in [2.05, 4.69) is 29.4 Å². The molecule has 0 unspecified atom stereocenters. The fourth-order valence-electron chi connectivity index (χ4n) is 1.89. The van der Waals surface area contributed by atoms with Crippen LogP contribution in [0.2, 0.25) is 0 Å². The minimum Gasteiger partial charge on any atom is -0.384 e. The minimum absolute atomic E-state index is 0.145. The number of nitrogens with one attached hydrogen (secondary N) is 2. The largest absolute Gasteiger partial charge is 0.384 e. The number of rotatable bonds is 4. The van der Waals surface area contributed by atoms with Crippen LogP contribution < -0.4 is 10.6 Å². The number of carbonyl (C=O) groups excluding carboxylic acids is 1. The van der Waals surface area contributed by atoms with E-state index in [4.69, 9.17) is 0 Å². The first-order valence-electron chi connectivity index (χ1n) is 5.74. The number of hydrogen-bond acceptors (Lipinski definition) is 2. The summed E-state index contributed by atoms with van der Waals surface area (Å²) < 4.78 is 0. The van der Waals surface area contributed by atoms with Crippen LogP contribution >= 0.6 is 0 Å². The van der Waals surface area contributed by atoms with Gasteiger partial charge in [0.05, 0.1) is 0 Å². The molecule has 0 saturated carbocycles. The summed E-state index contributed by atoms with van der Waals surface area (Å²) in [6.07, 6.45) is 4.53. The van der Waals surface area contributed by atoms with Gasteiger partial charge in [-0.3, -0.25) is 4.79 Å². The highest BCUT2D eigenvalue weighted by molar-refractivity contribution is 5.86. The zero-order chi connectivity index (χ0) is 12.1. The van der Waals surface area contributed by atoms with Crippen molar-refractivity contribution in [3.05, 3.63) is 54.1 Å². The van der Waals surface area contributed by atoms with Crippen LogP contribution in [0.5, 0.6) is 0 Å². The van der Waals surface area contributed by atoms with Crippen molar-refractivity contribution >= 4 is 11.6 Å². The molecule has 0 bridgehead atoms. The van der Waals surface area contributed by atoms with Gasteiger partial charge in [-0.15, -0.1) is 0 Å². The lowest BCUT2D eigenvalue weighted by molar-refractivity contribution is -0.116. The molecule has 0 atom stereocenters. The van der Waals surface area contributed by atoms with Crippen molar-refractivity contribution in [2.75, 3.05) is 6.54 Å². The molecule has 3 nitrogen and oxygen atoms in total. The molecular weight excluding hydrogens is 212 g/mol. The predicted molar refractivity (Wildman–Crippen MR) is 69.1 cm³/mol. The maximum atomic E-state index is 11.2. The van der Waals surface area contributed by atoms with E-state index in [0.717, 1.165) is 29.8 Å². The van der Waals surface area contributed by atoms with E-state index in [1.54, 1.807) is 0 Å². The summed E-state index contributed by atoms with van der Waals surface area (Å²) in [5, 5.41) is 6.14. The molecule has 1 aliphatic heterocycles. The minimum atomic E-state index is -0.145. The zero-order valence-electron chi connectivity index (χ0n) is 9.70. The van der Waals surface area contributed by atoms with Crippen LogP contribution in [0.1, 0.15) is 17.5 Å². The Labute approximate surface area is 101 Å². The van der Waals surface area contributed by atoms with Crippen LogP contribution in [-0.4, -0.2) is 12.5 Å². The van der Waals surface area contributed by atoms with Crippen molar-refractivity contribution in [1.29, 1.82) is 0 Å². The Morgan fingerprint density at radius 3 is 3.00 bits per heavy atom. The SMILES string of the molecule is C=CC(=O)NCc1ccccc1C1=CCCN1. The highest BCUT2D eigenvalue weighted by atomic mass is 16.1. The Kier molecular flexibility index (Phi) is 3.60. The maximum absolute atomic E-state index is 11.2. The van der Waals surface area contributed by atoms with E-state index in [1.807, 2.05) is 18.2 Å². The lowest BCUT2D eigenvalue weighted by Crippen LogP contribution is -2.21. The van der Waals surface area contributed by atoms with Crippen molar-refractivity contribution in [3.63, 3.8) is 0 Å².